The van der Waals surface area contributed by atoms with Crippen molar-refractivity contribution in [2.45, 2.75) is 26.4 Å². The molecule has 0 fully saturated rings. The first-order chi connectivity index (χ1) is 7.13. The zero-order chi connectivity index (χ0) is 11.3. The molecule has 3 nitrogen and oxygen atoms in total. The molecule has 0 saturated heterocycles. The first-order valence-corrected chi connectivity index (χ1v) is 5.05. The Kier molecular flexibility index (Phi) is 4.31. The van der Waals surface area contributed by atoms with Crippen LogP contribution in [0.2, 0.25) is 0 Å². The van der Waals surface area contributed by atoms with Crippen molar-refractivity contribution in [2.24, 2.45) is 0 Å². The van der Waals surface area contributed by atoms with Gasteiger partial charge < -0.3 is 9.84 Å². The number of phenols is 1. The van der Waals surface area contributed by atoms with Gasteiger partial charge in [0.15, 0.2) is 5.78 Å². The summed E-state index contributed by atoms with van der Waals surface area (Å²) in [6, 6.07) is 6.72. The van der Waals surface area contributed by atoms with Crippen LogP contribution in [0.5, 0.6) is 5.75 Å². The van der Waals surface area contributed by atoms with Crippen molar-refractivity contribution in [1.29, 1.82) is 0 Å². The van der Waals surface area contributed by atoms with Gasteiger partial charge >= 0.3 is 0 Å². The molecule has 0 heterocycles. The Balaban J connectivity index is 2.58. The molecule has 1 rings (SSSR count). The minimum atomic E-state index is -0.377. The van der Waals surface area contributed by atoms with E-state index in [0.29, 0.717) is 13.0 Å². The summed E-state index contributed by atoms with van der Waals surface area (Å²) < 4.78 is 5.19. The third-order valence-corrected chi connectivity index (χ3v) is 2.16. The Morgan fingerprint density at radius 1 is 1.53 bits per heavy atom. The summed E-state index contributed by atoms with van der Waals surface area (Å²) >= 11 is 0. The molecule has 82 valence electrons. The average molecular weight is 208 g/mol. The number of rotatable bonds is 5. The Labute approximate surface area is 89.7 Å². The molecule has 1 N–H and O–H groups in total. The van der Waals surface area contributed by atoms with Crippen molar-refractivity contribution >= 4 is 5.78 Å². The summed E-state index contributed by atoms with van der Waals surface area (Å²) in [4.78, 5) is 11.6. The molecule has 1 aromatic rings. The Morgan fingerprint density at radius 3 is 2.87 bits per heavy atom. The highest BCUT2D eigenvalue weighted by Gasteiger charge is 2.13. The Bertz CT molecular complexity index is 333. The van der Waals surface area contributed by atoms with Crippen molar-refractivity contribution in [3.63, 3.8) is 0 Å². The first-order valence-electron chi connectivity index (χ1n) is 5.05. The van der Waals surface area contributed by atoms with Crippen LogP contribution in [0.1, 0.15) is 19.4 Å². The van der Waals surface area contributed by atoms with Crippen LogP contribution < -0.4 is 0 Å². The van der Waals surface area contributed by atoms with Gasteiger partial charge in [0.05, 0.1) is 0 Å². The van der Waals surface area contributed by atoms with Crippen LogP contribution >= 0.6 is 0 Å². The molecule has 15 heavy (non-hydrogen) atoms. The first kappa shape index (κ1) is 11.7. The second-order valence-corrected chi connectivity index (χ2v) is 3.41. The number of carbonyl (C=O) groups excluding carboxylic acids is 1. The van der Waals surface area contributed by atoms with Crippen molar-refractivity contribution < 1.29 is 14.6 Å². The van der Waals surface area contributed by atoms with E-state index in [4.69, 9.17) is 4.74 Å². The van der Waals surface area contributed by atoms with Crippen molar-refractivity contribution in [3.05, 3.63) is 29.8 Å². The molecule has 0 aliphatic heterocycles. The number of benzene rings is 1. The van der Waals surface area contributed by atoms with Crippen LogP contribution in [0.4, 0.5) is 0 Å². The highest BCUT2D eigenvalue weighted by molar-refractivity contribution is 5.84. The van der Waals surface area contributed by atoms with Gasteiger partial charge in [0.1, 0.15) is 11.9 Å². The third-order valence-electron chi connectivity index (χ3n) is 2.16. The standard InChI is InChI=1S/C12H16O3/c1-3-15-9(2)12(14)8-10-5-4-6-11(13)7-10/h4-7,9,13H,3,8H2,1-2H3. The van der Waals surface area contributed by atoms with E-state index in [2.05, 4.69) is 0 Å². The van der Waals surface area contributed by atoms with E-state index in [-0.39, 0.29) is 17.6 Å². The summed E-state index contributed by atoms with van der Waals surface area (Å²) in [5, 5.41) is 9.23. The highest BCUT2D eigenvalue weighted by Crippen LogP contribution is 2.12. The molecular weight excluding hydrogens is 192 g/mol. The molecule has 1 atom stereocenters. The molecule has 0 aromatic heterocycles. The number of ether oxygens (including phenoxy) is 1. The van der Waals surface area contributed by atoms with Crippen molar-refractivity contribution in [3.8, 4) is 5.75 Å². The van der Waals surface area contributed by atoms with Gasteiger partial charge in [-0.3, -0.25) is 4.79 Å². The molecule has 0 amide bonds. The van der Waals surface area contributed by atoms with Crippen LogP contribution in [0.15, 0.2) is 24.3 Å². The van der Waals surface area contributed by atoms with E-state index < -0.39 is 0 Å². The van der Waals surface area contributed by atoms with E-state index >= 15 is 0 Å². The topological polar surface area (TPSA) is 46.5 Å². The molecular formula is C12H16O3. The Morgan fingerprint density at radius 2 is 2.27 bits per heavy atom. The third kappa shape index (κ3) is 3.72. The summed E-state index contributed by atoms with van der Waals surface area (Å²) in [5.41, 5.74) is 0.812. The number of aromatic hydroxyl groups is 1. The molecule has 0 saturated carbocycles. The zero-order valence-corrected chi connectivity index (χ0v) is 9.06. The smallest absolute Gasteiger partial charge is 0.165 e. The molecule has 0 aliphatic carbocycles. The van der Waals surface area contributed by atoms with E-state index in [1.807, 2.05) is 13.0 Å². The minimum absolute atomic E-state index is 0.0300. The molecule has 0 aliphatic rings. The molecule has 0 radical (unpaired) electrons. The largest absolute Gasteiger partial charge is 0.508 e. The monoisotopic (exact) mass is 208 g/mol. The summed E-state index contributed by atoms with van der Waals surface area (Å²) in [6.45, 7) is 4.14. The predicted molar refractivity (Wildman–Crippen MR) is 57.9 cm³/mol. The van der Waals surface area contributed by atoms with Crippen LogP contribution in [0.3, 0.4) is 0 Å². The zero-order valence-electron chi connectivity index (χ0n) is 9.06. The summed E-state index contributed by atoms with van der Waals surface area (Å²) in [7, 11) is 0. The van der Waals surface area contributed by atoms with Crippen LogP contribution in [0.25, 0.3) is 0 Å². The average Bonchev–Trinajstić information content (AvgIpc) is 2.18. The SMILES string of the molecule is CCOC(C)C(=O)Cc1cccc(O)c1. The van der Waals surface area contributed by atoms with Gasteiger partial charge in [-0.2, -0.15) is 0 Å². The highest BCUT2D eigenvalue weighted by atomic mass is 16.5. The van der Waals surface area contributed by atoms with Gasteiger partial charge in [-0.1, -0.05) is 12.1 Å². The van der Waals surface area contributed by atoms with E-state index in [1.54, 1.807) is 25.1 Å². The van der Waals surface area contributed by atoms with E-state index in [0.717, 1.165) is 5.56 Å². The summed E-state index contributed by atoms with van der Waals surface area (Å²) in [5.74, 6) is 0.215. The van der Waals surface area contributed by atoms with Crippen LogP contribution in [0, 0.1) is 0 Å². The van der Waals surface area contributed by atoms with Gasteiger partial charge in [0.2, 0.25) is 0 Å². The fraction of sp³-hybridized carbons (Fsp3) is 0.417. The maximum absolute atomic E-state index is 11.6. The fourth-order valence-corrected chi connectivity index (χ4v) is 1.35. The normalized spacial score (nSPS) is 12.4. The number of ketones is 1. The maximum atomic E-state index is 11.6. The summed E-state index contributed by atoms with van der Waals surface area (Å²) in [6.07, 6.45) is -0.0763. The lowest BCUT2D eigenvalue weighted by atomic mass is 10.1. The second-order valence-electron chi connectivity index (χ2n) is 3.41. The molecule has 0 bridgehead atoms. The van der Waals surface area contributed by atoms with Crippen LogP contribution in [-0.4, -0.2) is 23.6 Å². The number of hydrogen-bond acceptors (Lipinski definition) is 3. The van der Waals surface area contributed by atoms with Gasteiger partial charge in [-0.25, -0.2) is 0 Å². The van der Waals surface area contributed by atoms with E-state index in [1.165, 1.54) is 0 Å². The predicted octanol–water partition coefficient (Wildman–Crippen LogP) is 1.93. The fourth-order valence-electron chi connectivity index (χ4n) is 1.35. The van der Waals surface area contributed by atoms with Crippen molar-refractivity contribution in [2.75, 3.05) is 6.61 Å². The number of carbonyl (C=O) groups is 1. The lowest BCUT2D eigenvalue weighted by Gasteiger charge is -2.10. The Hall–Kier alpha value is -1.35. The van der Waals surface area contributed by atoms with Gasteiger partial charge in [0, 0.05) is 13.0 Å². The van der Waals surface area contributed by atoms with E-state index in [9.17, 15) is 9.90 Å². The lowest BCUT2D eigenvalue weighted by molar-refractivity contribution is -0.128. The molecule has 0 spiro atoms. The number of hydrogen-bond donors (Lipinski definition) is 1. The molecule has 3 heteroatoms. The minimum Gasteiger partial charge on any atom is -0.508 e. The van der Waals surface area contributed by atoms with Gasteiger partial charge in [-0.05, 0) is 31.5 Å². The number of phenolic OH excluding ortho intramolecular Hbond substituents is 1. The van der Waals surface area contributed by atoms with Gasteiger partial charge in [-0.15, -0.1) is 0 Å². The maximum Gasteiger partial charge on any atom is 0.165 e. The van der Waals surface area contributed by atoms with Crippen molar-refractivity contribution in [1.82, 2.24) is 0 Å². The quantitative estimate of drug-likeness (QED) is 0.804. The number of Topliss-reactive ketones (excluding diaryl/α,β-unsaturated/α-hetero) is 1. The lowest BCUT2D eigenvalue weighted by Crippen LogP contribution is -2.22. The molecule has 1 aromatic carbocycles. The molecule has 1 unspecified atom stereocenters. The second kappa shape index (κ2) is 5.51. The van der Waals surface area contributed by atoms with Gasteiger partial charge in [0.25, 0.3) is 0 Å². The van der Waals surface area contributed by atoms with Crippen LogP contribution in [-0.2, 0) is 16.0 Å².